The number of nitrogens with zero attached hydrogens (tertiary/aromatic N) is 5. The number of nitrogens with one attached hydrogen (secondary N) is 1. The molecule has 0 aromatic carbocycles. The highest BCUT2D eigenvalue weighted by atomic mass is 16.6. The molecule has 0 bridgehead atoms. The smallest absolute Gasteiger partial charge is 0.410 e. The number of hydrogen-bond donors (Lipinski definition) is 4. The van der Waals surface area contributed by atoms with Gasteiger partial charge in [0.1, 0.15) is 23.8 Å². The summed E-state index contributed by atoms with van der Waals surface area (Å²) in [7, 11) is 0. The van der Waals surface area contributed by atoms with Crippen molar-refractivity contribution in [2.24, 2.45) is 5.92 Å². The molecule has 4 aliphatic rings. The van der Waals surface area contributed by atoms with Gasteiger partial charge in [0.2, 0.25) is 5.82 Å². The lowest BCUT2D eigenvalue weighted by molar-refractivity contribution is -0.137. The van der Waals surface area contributed by atoms with Gasteiger partial charge in [-0.2, -0.15) is 0 Å². The van der Waals surface area contributed by atoms with E-state index in [4.69, 9.17) is 15.2 Å². The van der Waals surface area contributed by atoms with Gasteiger partial charge in [0, 0.05) is 25.6 Å². The van der Waals surface area contributed by atoms with Crippen LogP contribution in [-0.4, -0.2) is 90.2 Å². The first-order valence-corrected chi connectivity index (χ1v) is 13.6. The Bertz CT molecular complexity index is 1310. The molecule has 39 heavy (non-hydrogen) atoms. The number of aromatic nitrogens is 4. The van der Waals surface area contributed by atoms with E-state index in [1.807, 2.05) is 0 Å². The Labute approximate surface area is 225 Å². The monoisotopic (exact) mass is 539 g/mol. The number of piperidine rings is 1. The highest BCUT2D eigenvalue weighted by molar-refractivity contribution is 5.83. The predicted molar refractivity (Wildman–Crippen MR) is 137 cm³/mol. The number of ether oxygens (including phenoxy) is 2. The van der Waals surface area contributed by atoms with Gasteiger partial charge >= 0.3 is 6.09 Å². The van der Waals surface area contributed by atoms with Gasteiger partial charge < -0.3 is 35.6 Å². The minimum absolute atomic E-state index is 0.0870. The lowest BCUT2D eigenvalue weighted by Crippen LogP contribution is -2.43. The van der Waals surface area contributed by atoms with E-state index in [1.165, 1.54) is 10.9 Å². The zero-order valence-electron chi connectivity index (χ0n) is 21.5. The molecule has 2 saturated heterocycles. The summed E-state index contributed by atoms with van der Waals surface area (Å²) < 4.78 is 12.7. The van der Waals surface area contributed by atoms with E-state index in [0.29, 0.717) is 30.9 Å². The second kappa shape index (κ2) is 10.6. The van der Waals surface area contributed by atoms with Crippen molar-refractivity contribution < 1.29 is 29.3 Å². The molecule has 0 radical (unpaired) electrons. The number of hydrogen-bond acceptors (Lipinski definition) is 10. The molecule has 13 heteroatoms. The Hall–Kier alpha value is -3.47. The Morgan fingerprint density at radius 3 is 2.59 bits per heavy atom. The first-order chi connectivity index (χ1) is 18.9. The number of carbonyl (C=O) groups is 2. The highest BCUT2D eigenvalue weighted by Crippen LogP contribution is 2.33. The summed E-state index contributed by atoms with van der Waals surface area (Å²) in [5.74, 6) is 6.30. The van der Waals surface area contributed by atoms with Crippen molar-refractivity contribution in [3.05, 3.63) is 12.2 Å². The molecule has 2 aliphatic heterocycles. The fourth-order valence-electron chi connectivity index (χ4n) is 5.10. The number of amides is 2. The quantitative estimate of drug-likeness (QED) is 0.390. The minimum atomic E-state index is -1.41. The largest absolute Gasteiger partial charge is 0.446 e. The van der Waals surface area contributed by atoms with Crippen LogP contribution in [0.25, 0.3) is 11.2 Å². The van der Waals surface area contributed by atoms with Crippen molar-refractivity contribution in [1.82, 2.24) is 29.7 Å². The van der Waals surface area contributed by atoms with Gasteiger partial charge in [-0.05, 0) is 56.8 Å². The molecule has 5 N–H and O–H groups in total. The molecule has 0 spiro atoms. The molecular weight excluding hydrogens is 506 g/mol. The Kier molecular flexibility index (Phi) is 7.01. The van der Waals surface area contributed by atoms with Crippen molar-refractivity contribution in [2.45, 2.75) is 88.1 Å². The summed E-state index contributed by atoms with van der Waals surface area (Å²) in [6.07, 6.45) is 3.33. The van der Waals surface area contributed by atoms with E-state index in [-0.39, 0.29) is 35.5 Å². The van der Waals surface area contributed by atoms with Crippen LogP contribution in [0.15, 0.2) is 6.33 Å². The van der Waals surface area contributed by atoms with Gasteiger partial charge in [-0.15, -0.1) is 0 Å². The summed E-state index contributed by atoms with van der Waals surface area (Å²) in [4.78, 5) is 39.5. The number of aliphatic hydroxyl groups excluding tert-OH is 2. The van der Waals surface area contributed by atoms with Crippen molar-refractivity contribution in [2.75, 3.05) is 18.8 Å². The average molecular weight is 540 g/mol. The van der Waals surface area contributed by atoms with E-state index in [1.54, 1.807) is 4.90 Å². The van der Waals surface area contributed by atoms with Crippen molar-refractivity contribution in [1.29, 1.82) is 0 Å². The predicted octanol–water partition coefficient (Wildman–Crippen LogP) is 0.449. The molecule has 4 atom stereocenters. The second-order valence-corrected chi connectivity index (χ2v) is 10.8. The van der Waals surface area contributed by atoms with Crippen LogP contribution in [0.3, 0.4) is 0 Å². The van der Waals surface area contributed by atoms with Crippen LogP contribution >= 0.6 is 0 Å². The van der Waals surface area contributed by atoms with E-state index >= 15 is 0 Å². The number of fused-ring (bicyclic) bond motifs is 1. The van der Waals surface area contributed by atoms with Crippen LogP contribution in [0.1, 0.15) is 63.4 Å². The van der Waals surface area contributed by atoms with Crippen LogP contribution in [0, 0.1) is 17.8 Å². The average Bonchev–Trinajstić information content (AvgIpc) is 3.53. The molecule has 13 nitrogen and oxygen atoms in total. The zero-order chi connectivity index (χ0) is 27.1. The van der Waals surface area contributed by atoms with Crippen molar-refractivity contribution >= 4 is 29.0 Å². The summed E-state index contributed by atoms with van der Waals surface area (Å²) in [6.45, 7) is 1.31. The fraction of sp³-hybridized carbons (Fsp3) is 0.654. The van der Waals surface area contributed by atoms with E-state index in [2.05, 4.69) is 32.1 Å². The van der Waals surface area contributed by atoms with E-state index < -0.39 is 30.4 Å². The molecule has 6 rings (SSSR count). The first-order valence-electron chi connectivity index (χ1n) is 13.6. The number of likely N-dealkylation sites (tertiary alicyclic amines) is 1. The topological polar surface area (TPSA) is 178 Å². The Balaban J connectivity index is 1.10. The summed E-state index contributed by atoms with van der Waals surface area (Å²) in [5.41, 5.74) is 6.70. The third kappa shape index (κ3) is 5.36. The maximum Gasteiger partial charge on any atom is 0.410 e. The molecule has 2 aromatic heterocycles. The molecule has 4 heterocycles. The molecule has 2 amide bonds. The van der Waals surface area contributed by atoms with Gasteiger partial charge in [-0.1, -0.05) is 5.92 Å². The second-order valence-electron chi connectivity index (χ2n) is 10.8. The fourth-order valence-corrected chi connectivity index (χ4v) is 5.10. The van der Waals surface area contributed by atoms with Crippen LogP contribution in [0.4, 0.5) is 10.6 Å². The Morgan fingerprint density at radius 1 is 1.13 bits per heavy atom. The van der Waals surface area contributed by atoms with Crippen molar-refractivity contribution in [3.8, 4) is 11.8 Å². The molecule has 2 unspecified atom stereocenters. The standard InChI is InChI=1S/C26H33N7O6/c27-22-18-23(33(13-28-18)25-20(35)19(34)21(39-25)24(36)29-15-7-8-15)31-17(30-22)6-1-3-14-9-11-32(12-10-14)26(37)38-16-4-2-5-16/h13-16,19-21,25,34-35H,2-5,7-12H2,(H,29,36)(H2,27,30,31)/t19?,20?,21-,25+/m0/s1. The number of aliphatic hydroxyl groups is 2. The van der Waals surface area contributed by atoms with Gasteiger partial charge in [0.15, 0.2) is 23.8 Å². The van der Waals surface area contributed by atoms with Gasteiger partial charge in [0.05, 0.1) is 6.33 Å². The number of rotatable bonds is 5. The molecule has 208 valence electrons. The maximum absolute atomic E-state index is 12.5. The maximum atomic E-state index is 12.5. The van der Waals surface area contributed by atoms with Crippen LogP contribution in [-0.2, 0) is 14.3 Å². The van der Waals surface area contributed by atoms with E-state index in [0.717, 1.165) is 44.9 Å². The van der Waals surface area contributed by atoms with Crippen LogP contribution in [0.5, 0.6) is 0 Å². The third-order valence-electron chi connectivity index (χ3n) is 7.93. The molecule has 2 saturated carbocycles. The van der Waals surface area contributed by atoms with Crippen LogP contribution in [0.2, 0.25) is 0 Å². The lowest BCUT2D eigenvalue weighted by atomic mass is 9.94. The number of imidazole rings is 1. The molecule has 2 aromatic rings. The highest BCUT2D eigenvalue weighted by Gasteiger charge is 2.48. The van der Waals surface area contributed by atoms with E-state index in [9.17, 15) is 19.8 Å². The first kappa shape index (κ1) is 25.8. The molecule has 2 aliphatic carbocycles. The minimum Gasteiger partial charge on any atom is -0.446 e. The zero-order valence-corrected chi connectivity index (χ0v) is 21.5. The normalized spacial score (nSPS) is 27.6. The number of nitrogens with two attached hydrogens (primary N) is 1. The number of anilines is 1. The summed E-state index contributed by atoms with van der Waals surface area (Å²) in [6, 6.07) is 0.0910. The third-order valence-corrected chi connectivity index (χ3v) is 7.93. The Morgan fingerprint density at radius 2 is 1.90 bits per heavy atom. The van der Waals surface area contributed by atoms with Crippen LogP contribution < -0.4 is 11.1 Å². The van der Waals surface area contributed by atoms with Gasteiger partial charge in [-0.3, -0.25) is 9.36 Å². The lowest BCUT2D eigenvalue weighted by Gasteiger charge is -2.33. The molecular formula is C26H33N7O6. The SMILES string of the molecule is Nc1nc(C#CCC2CCN(C(=O)OC3CCC3)CC2)nc2c1ncn2[C@@H]1O[C@H](C(=O)NC2CC2)C(O)C1O. The summed E-state index contributed by atoms with van der Waals surface area (Å²) in [5, 5.41) is 23.9. The molecule has 4 fully saturated rings. The number of nitrogen functional groups attached to an aromatic ring is 1. The van der Waals surface area contributed by atoms with Gasteiger partial charge in [0.25, 0.3) is 5.91 Å². The van der Waals surface area contributed by atoms with Gasteiger partial charge in [-0.25, -0.2) is 19.7 Å². The number of carbonyl (C=O) groups excluding carboxylic acids is 2. The summed E-state index contributed by atoms with van der Waals surface area (Å²) >= 11 is 0. The van der Waals surface area contributed by atoms with Crippen molar-refractivity contribution in [3.63, 3.8) is 0 Å².